The van der Waals surface area contributed by atoms with Crippen LogP contribution in [0.1, 0.15) is 218 Å². The second-order valence-corrected chi connectivity index (χ2v) is 36.7. The summed E-state index contributed by atoms with van der Waals surface area (Å²) in [4.78, 5) is 63.8. The predicted molar refractivity (Wildman–Crippen MR) is 575 cm³/mol. The van der Waals surface area contributed by atoms with E-state index in [1.165, 1.54) is 12.1 Å². The Morgan fingerprint density at radius 3 is 1.16 bits per heavy atom. The number of nitrogen functional groups attached to an aromatic ring is 2. The lowest BCUT2D eigenvalue weighted by atomic mass is 9.96. The van der Waals surface area contributed by atoms with Crippen molar-refractivity contribution in [3.63, 3.8) is 0 Å². The Morgan fingerprint density at radius 1 is 0.434 bits per heavy atom. The van der Waals surface area contributed by atoms with Gasteiger partial charge in [0.25, 0.3) is 0 Å². The quantitative estimate of drug-likeness (QED) is 0.00732. The fourth-order valence-corrected chi connectivity index (χ4v) is 14.8. The van der Waals surface area contributed by atoms with Gasteiger partial charge in [-0.05, 0) is 188 Å². The molecular formula is C102H157Cl3F5N23O12. The fraction of sp³-hybridized carbons (Fsp3) is 0.539. The molecule has 8 heterocycles. The van der Waals surface area contributed by atoms with E-state index in [0.29, 0.717) is 129 Å². The van der Waals surface area contributed by atoms with Gasteiger partial charge in [0.2, 0.25) is 28.8 Å². The van der Waals surface area contributed by atoms with Crippen molar-refractivity contribution < 1.29 is 80.7 Å². The Kier molecular flexibility index (Phi) is 59.9. The lowest BCUT2D eigenvalue weighted by Gasteiger charge is -2.29. The van der Waals surface area contributed by atoms with Crippen molar-refractivity contribution in [2.75, 3.05) is 127 Å². The first-order valence-electron chi connectivity index (χ1n) is 48.0. The van der Waals surface area contributed by atoms with Crippen molar-refractivity contribution in [2.45, 2.75) is 274 Å². The van der Waals surface area contributed by atoms with E-state index in [1.54, 1.807) is 61.1 Å². The molecular weight excluding hydrogens is 1940 g/mol. The van der Waals surface area contributed by atoms with Crippen LogP contribution in [0.4, 0.5) is 62.7 Å². The number of carbonyl (C=O) groups is 1. The van der Waals surface area contributed by atoms with Crippen LogP contribution in [0.15, 0.2) is 104 Å². The molecule has 4 atom stereocenters. The van der Waals surface area contributed by atoms with Gasteiger partial charge in [-0.15, -0.1) is 0 Å². The molecule has 808 valence electrons. The maximum absolute atomic E-state index is 13.2. The number of aromatic nitrogens is 12. The average molecular weight is 2100 g/mol. The first kappa shape index (κ1) is 130. The number of nitrogens with one attached hydrogen (secondary N) is 5. The van der Waals surface area contributed by atoms with Crippen LogP contribution < -0.4 is 77.9 Å². The van der Waals surface area contributed by atoms with Crippen molar-refractivity contribution in [1.29, 1.82) is 0 Å². The third kappa shape index (κ3) is 46.2. The molecule has 0 aliphatic heterocycles. The molecule has 43 heteroatoms. The van der Waals surface area contributed by atoms with Crippen LogP contribution in [0.25, 0.3) is 44.1 Å². The Hall–Kier alpha value is -11.2. The molecule has 0 saturated heterocycles. The van der Waals surface area contributed by atoms with Gasteiger partial charge in [0.15, 0.2) is 22.6 Å². The third-order valence-electron chi connectivity index (χ3n) is 22.2. The van der Waals surface area contributed by atoms with E-state index in [2.05, 4.69) is 178 Å². The molecule has 145 heavy (non-hydrogen) atoms. The first-order chi connectivity index (χ1) is 68.6. The molecule has 0 spiro atoms. The highest BCUT2D eigenvalue weighted by Gasteiger charge is 2.30. The van der Waals surface area contributed by atoms with Crippen LogP contribution in [0, 0.1) is 11.6 Å². The molecule has 11 aromatic rings. The lowest BCUT2D eigenvalue weighted by molar-refractivity contribution is -0.156. The maximum atomic E-state index is 13.2. The summed E-state index contributed by atoms with van der Waals surface area (Å²) in [6.07, 6.45) is 11.3. The van der Waals surface area contributed by atoms with Crippen molar-refractivity contribution in [1.82, 2.24) is 69.6 Å². The van der Waals surface area contributed by atoms with E-state index in [-0.39, 0.29) is 53.6 Å². The molecule has 18 N–H and O–H groups in total. The van der Waals surface area contributed by atoms with Crippen LogP contribution in [0.2, 0.25) is 15.7 Å². The molecule has 8 aromatic heterocycles. The molecule has 0 aliphatic rings. The van der Waals surface area contributed by atoms with Crippen LogP contribution in [0.3, 0.4) is 0 Å². The van der Waals surface area contributed by atoms with Crippen LogP contribution in [-0.2, 0) is 24.4 Å². The molecule has 0 bridgehead atoms. The average Bonchev–Trinajstić information content (AvgIpc) is 0.791. The smallest absolute Gasteiger partial charge is 0.446 e. The van der Waals surface area contributed by atoms with Crippen molar-refractivity contribution >= 4 is 126 Å². The van der Waals surface area contributed by atoms with E-state index in [0.717, 1.165) is 155 Å². The number of aliphatic hydroxyl groups is 5. The van der Waals surface area contributed by atoms with Crippen molar-refractivity contribution in [2.24, 2.45) is 11.5 Å². The fourth-order valence-electron chi connectivity index (χ4n) is 14.2. The number of benzene rings is 3. The van der Waals surface area contributed by atoms with E-state index >= 15 is 0 Å². The summed E-state index contributed by atoms with van der Waals surface area (Å²) >= 11 is 17.1. The number of rotatable bonds is 41. The molecule has 11 rings (SSSR count). The second-order valence-electron chi connectivity index (χ2n) is 35.6. The number of nitrogens with zero attached hydrogens (tertiary/aromatic N) is 14. The number of fused-ring (bicyclic) bond motifs is 4. The number of nitrogens with two attached hydrogens (primary N) is 4. The lowest BCUT2D eigenvalue weighted by Crippen LogP contribution is -2.39. The number of aldehydes is 1. The predicted octanol–water partition coefficient (Wildman–Crippen LogP) is 19.5. The molecule has 0 saturated carbocycles. The van der Waals surface area contributed by atoms with Gasteiger partial charge in [-0.25, -0.2) is 53.6 Å². The van der Waals surface area contributed by atoms with E-state index in [1.807, 2.05) is 88.4 Å². The summed E-state index contributed by atoms with van der Waals surface area (Å²) in [5.74, 6) is 5.47. The number of hydrogen-bond donors (Lipinski definition) is 14. The van der Waals surface area contributed by atoms with Gasteiger partial charge in [-0.2, -0.15) is 28.1 Å². The molecule has 0 unspecified atom stereocenters. The Labute approximate surface area is 866 Å². The first-order valence-corrected chi connectivity index (χ1v) is 49.1. The molecule has 0 amide bonds. The molecule has 3 aromatic carbocycles. The summed E-state index contributed by atoms with van der Waals surface area (Å²) in [6, 6.07) is 25.8. The topological polar surface area (TPSA) is 499 Å². The van der Waals surface area contributed by atoms with E-state index in [4.69, 9.17) is 116 Å². The van der Waals surface area contributed by atoms with Crippen LogP contribution in [-0.4, -0.2) is 243 Å². The normalized spacial score (nSPS) is 12.6. The number of aliphatic hydroxyl groups excluding tert-OH is 5. The van der Waals surface area contributed by atoms with Gasteiger partial charge in [0, 0.05) is 103 Å². The van der Waals surface area contributed by atoms with E-state index < -0.39 is 40.7 Å². The number of carbonyl (C=O) groups excluding carboxylic acids is 1. The van der Waals surface area contributed by atoms with Gasteiger partial charge >= 0.3 is 6.18 Å². The number of anilines is 7. The highest BCUT2D eigenvalue weighted by molar-refractivity contribution is 6.35. The monoisotopic (exact) mass is 2100 g/mol. The number of methoxy groups -OCH3 is 6. The van der Waals surface area contributed by atoms with Gasteiger partial charge < -0.3 is 103 Å². The summed E-state index contributed by atoms with van der Waals surface area (Å²) in [6.45, 7) is 42.2. The summed E-state index contributed by atoms with van der Waals surface area (Å²) in [5, 5.41) is 62.0. The second kappa shape index (κ2) is 66.9. The SMILES string of the molecule is CCCC[C@@](C)(N)CO.CCCC[C@](C)(CO)Nc1nc(Cl)nc2cc(F)cnc12.CCCC[C@](C)(CO)Nc1nc(N)nc2cc(N)cnc12.CCCC[C@](C)(CO)Nc1nc(NCc2ccc(OC)cc2OC)nc2cc(NCc3ccc(OC)cc3OC)cnc12.CCN(C(C)C)C(C)C.CCN(C(C)C)C(C)C.CO.COc1ccc(CN)c(OC)c1.Fc1cnc2c(Cl)nc(Cl)nc2c1.O=CC(F)(F)F. The minimum Gasteiger partial charge on any atom is -0.497 e. The zero-order valence-electron chi connectivity index (χ0n) is 88.7. The minimum atomic E-state index is -4.64. The number of alkyl halides is 3. The largest absolute Gasteiger partial charge is 0.497 e. The number of unbranched alkanes of at least 4 members (excludes halogenated alkanes) is 4. The van der Waals surface area contributed by atoms with Crippen LogP contribution in [0.5, 0.6) is 34.5 Å². The highest BCUT2D eigenvalue weighted by Crippen LogP contribution is 2.34. The van der Waals surface area contributed by atoms with E-state index in [9.17, 15) is 37.3 Å². The van der Waals surface area contributed by atoms with Crippen LogP contribution >= 0.6 is 34.8 Å². The van der Waals surface area contributed by atoms with Gasteiger partial charge in [-0.3, -0.25) is 14.6 Å². The van der Waals surface area contributed by atoms with Gasteiger partial charge in [0.05, 0.1) is 144 Å². The summed E-state index contributed by atoms with van der Waals surface area (Å²) in [7, 11) is 10.8. The number of pyridine rings is 4. The molecule has 0 fully saturated rings. The summed E-state index contributed by atoms with van der Waals surface area (Å²) < 4.78 is 89.1. The van der Waals surface area contributed by atoms with Crippen molar-refractivity contribution in [3.8, 4) is 34.5 Å². The zero-order valence-corrected chi connectivity index (χ0v) is 91.0. The Bertz CT molecular complexity index is 5440. The maximum Gasteiger partial charge on any atom is 0.446 e. The number of hydrogen-bond acceptors (Lipinski definition) is 35. The highest BCUT2D eigenvalue weighted by atomic mass is 35.5. The molecule has 35 nitrogen and oxygen atoms in total. The Balaban J connectivity index is 0.000000594. The van der Waals surface area contributed by atoms with Gasteiger partial charge in [-0.1, -0.05) is 111 Å². The number of ether oxygens (including phenoxy) is 6. The molecule has 0 radical (unpaired) electrons. The zero-order chi connectivity index (χ0) is 110. The van der Waals surface area contributed by atoms with Crippen molar-refractivity contribution in [3.05, 3.63) is 148 Å². The standard InChI is InChI=1S/C32H42N6O5.C14H18ClFN4O.C14H22N6O.C9H13NO2.2C8H19N.C7H2Cl2FN3.C7H17NO.C2HF3O.CH4O/c1-7-8-13-32(2,20-39)38-30-29-26(36-31(37-30)35-18-22-10-12-25(41-4)16-28(22)43-6)14-23(19-34-29)33-17-21-9-11-24(40-3)15-27(21)42-5;1-3-4-5-14(2,8-21)20-12-11-10(18-13(15)19-12)6-9(16)7-17-11;1-3-4-5-14(2,8-21)20-12-11-10(18-13(16)19-12)6-9(15)7-17-11;1-11-8-4-3-7(6-10)9(5-8)12-2;2*1-6-9(7(2)3)8(4)5;8-6-5-4(12-7(9)13-6)1-3(10)2-11-5;1-3-4-5-7(2,8)6-9;3-2(4,5)1-6;1-2/h9-12,14-16,19,33,39H,7-8,13,17-18,20H2,1-6H3,(H2,35,36,37,38);6-7,21H,3-5,8H2,1-2H3,(H,18,19,20);6-7,21H,3-5,8,15H2,1-2H3,(H3,16,18,19,20);3-5H,6,10H2,1-2H3;2*7-8H,6H2,1-5H3;1-2H;9H,3-6,8H2,1-2H3;1H;2H,1H3/t32-;2*14-;;;;;7-;;/m111....1../s1. The minimum absolute atomic E-state index is 0.00657. The van der Waals surface area contributed by atoms with Gasteiger partial charge in [0.1, 0.15) is 68.2 Å². The Morgan fingerprint density at radius 2 is 0.786 bits per heavy atom. The number of halogens is 8. The summed E-state index contributed by atoms with van der Waals surface area (Å²) in [5.41, 5.74) is 28.7. The third-order valence-corrected chi connectivity index (χ3v) is 22.8. The molecule has 0 aliphatic carbocycles.